The average molecular weight is 430 g/mol. The summed E-state index contributed by atoms with van der Waals surface area (Å²) in [7, 11) is 0. The topological polar surface area (TPSA) is 39.7 Å². The molecule has 3 aromatic carbocycles. The van der Waals surface area contributed by atoms with E-state index >= 15 is 0 Å². The number of hydrogen-bond donors (Lipinski definition) is 1. The number of rotatable bonds is 10. The van der Waals surface area contributed by atoms with E-state index in [0.717, 1.165) is 12.8 Å². The summed E-state index contributed by atoms with van der Waals surface area (Å²) in [5, 5.41) is 3.83. The molecule has 0 radical (unpaired) electrons. The van der Waals surface area contributed by atoms with Crippen molar-refractivity contribution in [3.8, 4) is 0 Å². The van der Waals surface area contributed by atoms with Gasteiger partial charge in [0.2, 0.25) is 0 Å². The minimum atomic E-state index is -0.0582. The summed E-state index contributed by atoms with van der Waals surface area (Å²) >= 11 is 0. The molecule has 3 atom stereocenters. The molecular weight excluding hydrogens is 398 g/mol. The number of ether oxygens (including phenoxy) is 3. The molecule has 1 heterocycles. The smallest absolute Gasteiger partial charge is 0.104 e. The second-order valence-corrected chi connectivity index (χ2v) is 8.89. The normalized spacial score (nSPS) is 23.4. The lowest BCUT2D eigenvalue weighted by molar-refractivity contribution is -0.0883. The van der Waals surface area contributed by atoms with Gasteiger partial charge >= 0.3 is 0 Å². The van der Waals surface area contributed by atoms with Crippen molar-refractivity contribution in [2.24, 2.45) is 0 Å². The first kappa shape index (κ1) is 21.4. The molecule has 2 aliphatic rings. The Morgan fingerprint density at radius 1 is 0.656 bits per heavy atom. The lowest BCUT2D eigenvalue weighted by atomic mass is 10.1. The van der Waals surface area contributed by atoms with Crippen molar-refractivity contribution >= 4 is 0 Å². The summed E-state index contributed by atoms with van der Waals surface area (Å²) in [6, 6.07) is 31.2. The maximum atomic E-state index is 6.52. The van der Waals surface area contributed by atoms with Gasteiger partial charge in [-0.05, 0) is 29.5 Å². The van der Waals surface area contributed by atoms with Crippen molar-refractivity contribution < 1.29 is 14.2 Å². The summed E-state index contributed by atoms with van der Waals surface area (Å²) in [4.78, 5) is 0. The third kappa shape index (κ3) is 5.11. The molecule has 4 nitrogen and oxygen atoms in total. The lowest BCUT2D eigenvalue weighted by Gasteiger charge is -2.26. The highest BCUT2D eigenvalue weighted by molar-refractivity contribution is 5.21. The maximum absolute atomic E-state index is 6.52. The summed E-state index contributed by atoms with van der Waals surface area (Å²) in [5.74, 6) is 0. The van der Waals surface area contributed by atoms with Gasteiger partial charge in [-0.25, -0.2) is 0 Å². The summed E-state index contributed by atoms with van der Waals surface area (Å²) in [6.07, 6.45) is 2.19. The third-order valence-corrected chi connectivity index (χ3v) is 6.47. The van der Waals surface area contributed by atoms with Gasteiger partial charge in [0.15, 0.2) is 0 Å². The van der Waals surface area contributed by atoms with Crippen LogP contribution in [0.4, 0.5) is 0 Å². The number of hydrogen-bond acceptors (Lipinski definition) is 4. The fourth-order valence-electron chi connectivity index (χ4n) is 4.62. The van der Waals surface area contributed by atoms with Crippen LogP contribution >= 0.6 is 0 Å². The van der Waals surface area contributed by atoms with Crippen molar-refractivity contribution in [3.05, 3.63) is 108 Å². The van der Waals surface area contributed by atoms with Gasteiger partial charge in [0.25, 0.3) is 0 Å². The molecule has 1 spiro atoms. The Labute approximate surface area is 190 Å². The minimum absolute atomic E-state index is 0.0108. The number of benzene rings is 3. The monoisotopic (exact) mass is 429 g/mol. The van der Waals surface area contributed by atoms with Crippen LogP contribution in [0.5, 0.6) is 0 Å². The largest absolute Gasteiger partial charge is 0.375 e. The molecular formula is C28H31NO3. The van der Waals surface area contributed by atoms with Gasteiger partial charge in [-0.1, -0.05) is 91.0 Å². The zero-order chi connectivity index (χ0) is 21.6. The molecule has 4 heteroatoms. The maximum Gasteiger partial charge on any atom is 0.104 e. The standard InChI is InChI=1S/C28H31NO3/c1-4-10-22(11-5-1)18-30-21-25-26(31-19-23-12-6-2-7-13-23)27(28(29-25)16-17-28)32-20-24-14-8-3-9-15-24/h1-15,25-27,29H,16-21H2/t25-,26+,27-/m0/s1. The van der Waals surface area contributed by atoms with Crippen LogP contribution in [0.25, 0.3) is 0 Å². The molecule has 1 saturated carbocycles. The van der Waals surface area contributed by atoms with E-state index in [-0.39, 0.29) is 23.8 Å². The summed E-state index contributed by atoms with van der Waals surface area (Å²) in [5.41, 5.74) is 3.56. The van der Waals surface area contributed by atoms with Gasteiger partial charge in [0, 0.05) is 5.54 Å². The summed E-state index contributed by atoms with van der Waals surface area (Å²) < 4.78 is 19.2. The molecule has 5 rings (SSSR count). The minimum Gasteiger partial charge on any atom is -0.375 e. The van der Waals surface area contributed by atoms with E-state index < -0.39 is 0 Å². The van der Waals surface area contributed by atoms with Crippen molar-refractivity contribution in [1.29, 1.82) is 0 Å². The predicted octanol–water partition coefficient (Wildman–Crippen LogP) is 4.88. The van der Waals surface area contributed by atoms with Crippen LogP contribution in [0.2, 0.25) is 0 Å². The first-order chi connectivity index (χ1) is 15.8. The zero-order valence-corrected chi connectivity index (χ0v) is 18.4. The van der Waals surface area contributed by atoms with Crippen LogP contribution in [0.3, 0.4) is 0 Å². The molecule has 1 aliphatic heterocycles. The highest BCUT2D eigenvalue weighted by atomic mass is 16.5. The molecule has 166 valence electrons. The quantitative estimate of drug-likeness (QED) is 0.499. The second kappa shape index (κ2) is 9.97. The third-order valence-electron chi connectivity index (χ3n) is 6.47. The second-order valence-electron chi connectivity index (χ2n) is 8.89. The predicted molar refractivity (Wildman–Crippen MR) is 125 cm³/mol. The first-order valence-electron chi connectivity index (χ1n) is 11.5. The lowest BCUT2D eigenvalue weighted by Crippen LogP contribution is -2.40. The molecule has 32 heavy (non-hydrogen) atoms. The van der Waals surface area contributed by atoms with Crippen LogP contribution in [0.1, 0.15) is 29.5 Å². The molecule has 0 amide bonds. The van der Waals surface area contributed by atoms with Crippen LogP contribution in [-0.2, 0) is 34.0 Å². The molecule has 1 aliphatic carbocycles. The van der Waals surface area contributed by atoms with Gasteiger partial charge < -0.3 is 19.5 Å². The van der Waals surface area contributed by atoms with E-state index in [0.29, 0.717) is 26.4 Å². The Hall–Kier alpha value is -2.50. The number of nitrogens with one attached hydrogen (secondary N) is 1. The van der Waals surface area contributed by atoms with Crippen molar-refractivity contribution in [1.82, 2.24) is 5.32 Å². The van der Waals surface area contributed by atoms with Crippen molar-refractivity contribution in [3.63, 3.8) is 0 Å². The van der Waals surface area contributed by atoms with E-state index in [2.05, 4.69) is 66.0 Å². The Balaban J connectivity index is 1.27. The fourth-order valence-corrected chi connectivity index (χ4v) is 4.62. The average Bonchev–Trinajstić information content (AvgIpc) is 3.56. The highest BCUT2D eigenvalue weighted by Gasteiger charge is 2.61. The Morgan fingerprint density at radius 3 is 1.69 bits per heavy atom. The van der Waals surface area contributed by atoms with Gasteiger partial charge in [0.1, 0.15) is 12.2 Å². The fraction of sp³-hybridized carbons (Fsp3) is 0.357. The zero-order valence-electron chi connectivity index (χ0n) is 18.4. The van der Waals surface area contributed by atoms with Gasteiger partial charge in [-0.2, -0.15) is 0 Å². The molecule has 0 bridgehead atoms. The van der Waals surface area contributed by atoms with Crippen LogP contribution < -0.4 is 5.32 Å². The van der Waals surface area contributed by atoms with Crippen LogP contribution in [0.15, 0.2) is 91.0 Å². The summed E-state index contributed by atoms with van der Waals surface area (Å²) in [6.45, 7) is 2.37. The Bertz CT molecular complexity index is 960. The van der Waals surface area contributed by atoms with E-state index in [4.69, 9.17) is 14.2 Å². The van der Waals surface area contributed by atoms with Crippen LogP contribution in [-0.4, -0.2) is 30.4 Å². The Morgan fingerprint density at radius 2 is 1.16 bits per heavy atom. The van der Waals surface area contributed by atoms with E-state index in [1.165, 1.54) is 16.7 Å². The molecule has 1 N–H and O–H groups in total. The van der Waals surface area contributed by atoms with Gasteiger partial charge in [-0.15, -0.1) is 0 Å². The van der Waals surface area contributed by atoms with Crippen molar-refractivity contribution in [2.75, 3.05) is 6.61 Å². The van der Waals surface area contributed by atoms with Gasteiger partial charge in [-0.3, -0.25) is 0 Å². The van der Waals surface area contributed by atoms with Crippen LogP contribution in [0, 0.1) is 0 Å². The van der Waals surface area contributed by atoms with Crippen molar-refractivity contribution in [2.45, 2.75) is 56.5 Å². The Kier molecular flexibility index (Phi) is 6.65. The molecule has 1 saturated heterocycles. The molecule has 0 aromatic heterocycles. The van der Waals surface area contributed by atoms with Gasteiger partial charge in [0.05, 0.1) is 32.5 Å². The molecule has 2 fully saturated rings. The highest BCUT2D eigenvalue weighted by Crippen LogP contribution is 2.47. The SMILES string of the molecule is c1ccc(COC[C@@H]2NC3(CC3)[C@@H](OCc3ccccc3)[C@@H]2OCc2ccccc2)cc1. The molecule has 3 aromatic rings. The first-order valence-corrected chi connectivity index (χ1v) is 11.5. The van der Waals surface area contributed by atoms with E-state index in [1.807, 2.05) is 30.3 Å². The van der Waals surface area contributed by atoms with E-state index in [1.54, 1.807) is 0 Å². The molecule has 0 unspecified atom stereocenters. The van der Waals surface area contributed by atoms with E-state index in [9.17, 15) is 0 Å².